The Labute approximate surface area is 185 Å². The highest BCUT2D eigenvalue weighted by Gasteiger charge is 2.14. The maximum absolute atomic E-state index is 12.9. The van der Waals surface area contributed by atoms with Gasteiger partial charge in [0.2, 0.25) is 5.82 Å². The fourth-order valence-corrected chi connectivity index (χ4v) is 3.60. The molecule has 2 heterocycles. The fraction of sp³-hybridized carbons (Fsp3) is 0.208. The smallest absolute Gasteiger partial charge is 0.274 e. The number of benzene rings is 2. The molecule has 32 heavy (non-hydrogen) atoms. The van der Waals surface area contributed by atoms with Crippen molar-refractivity contribution in [3.8, 4) is 22.5 Å². The zero-order valence-corrected chi connectivity index (χ0v) is 17.8. The molecule has 0 radical (unpaired) electrons. The van der Waals surface area contributed by atoms with Gasteiger partial charge in [-0.1, -0.05) is 60.7 Å². The summed E-state index contributed by atoms with van der Waals surface area (Å²) in [5.74, 6) is 1.32. The monoisotopic (exact) mass is 427 g/mol. The second-order valence-corrected chi connectivity index (χ2v) is 7.39. The molecule has 0 atom stereocenters. The standard InChI is InChI=1S/C24H25N7O/c1-3-5-11-22-27-31(16-6-4-2)24(32)30(22)17-18-12-14-19(15-13-18)20-9-7-8-10-21(20)23-25-28-29-26-23/h3-4,7-10,12-15H,1-2,5-6,11,16-17H2,(H,25,26,28,29). The van der Waals surface area contributed by atoms with Crippen molar-refractivity contribution in [1.82, 2.24) is 35.0 Å². The normalized spacial score (nSPS) is 10.9. The molecule has 0 fully saturated rings. The Morgan fingerprint density at radius 3 is 2.41 bits per heavy atom. The van der Waals surface area contributed by atoms with Gasteiger partial charge in [0, 0.05) is 18.5 Å². The second kappa shape index (κ2) is 9.82. The van der Waals surface area contributed by atoms with Gasteiger partial charge in [-0.25, -0.2) is 9.48 Å². The molecular formula is C24H25N7O. The lowest BCUT2D eigenvalue weighted by Gasteiger charge is -2.09. The Kier molecular flexibility index (Phi) is 6.50. The summed E-state index contributed by atoms with van der Waals surface area (Å²) in [5.41, 5.74) is 3.88. The average molecular weight is 428 g/mol. The van der Waals surface area contributed by atoms with Gasteiger partial charge in [0.1, 0.15) is 5.82 Å². The van der Waals surface area contributed by atoms with E-state index in [-0.39, 0.29) is 5.69 Å². The topological polar surface area (TPSA) is 94.3 Å². The zero-order valence-electron chi connectivity index (χ0n) is 17.8. The Hall–Kier alpha value is -4.07. The van der Waals surface area contributed by atoms with Crippen LogP contribution < -0.4 is 5.69 Å². The number of nitrogens with one attached hydrogen (secondary N) is 1. The molecule has 2 aromatic carbocycles. The molecule has 0 saturated carbocycles. The van der Waals surface area contributed by atoms with Crippen LogP contribution in [0, 0.1) is 0 Å². The van der Waals surface area contributed by atoms with Gasteiger partial charge in [-0.15, -0.1) is 23.4 Å². The van der Waals surface area contributed by atoms with Crippen LogP contribution in [0.3, 0.4) is 0 Å². The molecule has 8 nitrogen and oxygen atoms in total. The highest BCUT2D eigenvalue weighted by molar-refractivity contribution is 5.80. The molecule has 0 unspecified atom stereocenters. The zero-order chi connectivity index (χ0) is 22.3. The van der Waals surface area contributed by atoms with E-state index in [4.69, 9.17) is 0 Å². The number of tetrazole rings is 1. The lowest BCUT2D eigenvalue weighted by molar-refractivity contribution is 0.586. The van der Waals surface area contributed by atoms with Crippen LogP contribution in [-0.2, 0) is 19.5 Å². The molecule has 0 aliphatic heterocycles. The van der Waals surface area contributed by atoms with Gasteiger partial charge in [0.05, 0.1) is 6.54 Å². The Balaban J connectivity index is 1.61. The number of hydrogen-bond acceptors (Lipinski definition) is 5. The summed E-state index contributed by atoms with van der Waals surface area (Å²) < 4.78 is 3.27. The molecular weight excluding hydrogens is 402 g/mol. The van der Waals surface area contributed by atoms with Crippen molar-refractivity contribution in [2.24, 2.45) is 0 Å². The van der Waals surface area contributed by atoms with Gasteiger partial charge < -0.3 is 0 Å². The molecule has 4 rings (SSSR count). The summed E-state index contributed by atoms with van der Waals surface area (Å²) in [6, 6.07) is 16.1. The van der Waals surface area contributed by atoms with Crippen molar-refractivity contribution in [2.75, 3.05) is 0 Å². The molecule has 162 valence electrons. The number of hydrogen-bond donors (Lipinski definition) is 1. The highest BCUT2D eigenvalue weighted by atomic mass is 16.2. The lowest BCUT2D eigenvalue weighted by atomic mass is 9.98. The molecule has 0 spiro atoms. The van der Waals surface area contributed by atoms with Crippen molar-refractivity contribution >= 4 is 0 Å². The highest BCUT2D eigenvalue weighted by Crippen LogP contribution is 2.29. The largest absolute Gasteiger partial charge is 0.346 e. The van der Waals surface area contributed by atoms with E-state index in [0.717, 1.165) is 34.5 Å². The van der Waals surface area contributed by atoms with Gasteiger partial charge >= 0.3 is 5.69 Å². The van der Waals surface area contributed by atoms with Crippen molar-refractivity contribution in [1.29, 1.82) is 0 Å². The summed E-state index contributed by atoms with van der Waals surface area (Å²) in [7, 11) is 0. The minimum Gasteiger partial charge on any atom is -0.274 e. The number of allylic oxidation sites excluding steroid dienone is 2. The number of aromatic nitrogens is 7. The SMILES string of the molecule is C=CCCc1nn(CCC=C)c(=O)n1Cc1ccc(-c2ccccc2-c2nn[nH]n2)cc1. The maximum atomic E-state index is 12.9. The van der Waals surface area contributed by atoms with Crippen molar-refractivity contribution in [3.05, 3.63) is 95.7 Å². The fourth-order valence-electron chi connectivity index (χ4n) is 3.60. The first-order valence-electron chi connectivity index (χ1n) is 10.5. The first kappa shape index (κ1) is 21.2. The third-order valence-electron chi connectivity index (χ3n) is 5.24. The van der Waals surface area contributed by atoms with E-state index in [1.54, 1.807) is 10.6 Å². The van der Waals surface area contributed by atoms with Gasteiger partial charge in [-0.3, -0.25) is 4.57 Å². The second-order valence-electron chi connectivity index (χ2n) is 7.39. The number of aromatic amines is 1. The van der Waals surface area contributed by atoms with Crippen molar-refractivity contribution in [3.63, 3.8) is 0 Å². The molecule has 0 aliphatic carbocycles. The van der Waals surface area contributed by atoms with Gasteiger partial charge in [-0.2, -0.15) is 10.3 Å². The van der Waals surface area contributed by atoms with Crippen LogP contribution in [0.15, 0.2) is 78.6 Å². The van der Waals surface area contributed by atoms with E-state index >= 15 is 0 Å². The summed E-state index contributed by atoms with van der Waals surface area (Å²) in [6.45, 7) is 8.51. The van der Waals surface area contributed by atoms with E-state index in [9.17, 15) is 4.79 Å². The minimum atomic E-state index is -0.0996. The number of aryl methyl sites for hydroxylation is 2. The molecule has 0 amide bonds. The van der Waals surface area contributed by atoms with Crippen LogP contribution in [0.1, 0.15) is 24.2 Å². The van der Waals surface area contributed by atoms with Crippen LogP contribution in [0.5, 0.6) is 0 Å². The average Bonchev–Trinajstić information content (AvgIpc) is 3.46. The van der Waals surface area contributed by atoms with Crippen molar-refractivity contribution < 1.29 is 0 Å². The lowest BCUT2D eigenvalue weighted by Crippen LogP contribution is -2.26. The molecule has 0 bridgehead atoms. The third-order valence-corrected chi connectivity index (χ3v) is 5.24. The summed E-state index contributed by atoms with van der Waals surface area (Å²) in [6.07, 6.45) is 5.78. The Morgan fingerprint density at radius 1 is 0.969 bits per heavy atom. The first-order valence-corrected chi connectivity index (χ1v) is 10.5. The van der Waals surface area contributed by atoms with E-state index in [1.165, 1.54) is 4.68 Å². The summed E-state index contributed by atoms with van der Waals surface area (Å²) >= 11 is 0. The van der Waals surface area contributed by atoms with Crippen LogP contribution >= 0.6 is 0 Å². The number of nitrogens with zero attached hydrogens (tertiary/aromatic N) is 6. The quantitative estimate of drug-likeness (QED) is 0.390. The molecule has 0 saturated heterocycles. The van der Waals surface area contributed by atoms with Gasteiger partial charge in [-0.05, 0) is 34.7 Å². The van der Waals surface area contributed by atoms with Crippen LogP contribution in [0.2, 0.25) is 0 Å². The predicted octanol–water partition coefficient (Wildman–Crippen LogP) is 3.63. The van der Waals surface area contributed by atoms with E-state index in [0.29, 0.717) is 31.8 Å². The molecule has 0 aliphatic rings. The molecule has 4 aromatic rings. The first-order chi connectivity index (χ1) is 15.7. The molecule has 8 heteroatoms. The van der Waals surface area contributed by atoms with E-state index in [2.05, 4.69) is 38.9 Å². The Bertz CT molecular complexity index is 1250. The molecule has 1 N–H and O–H groups in total. The number of H-pyrrole nitrogens is 1. The maximum Gasteiger partial charge on any atom is 0.346 e. The van der Waals surface area contributed by atoms with E-state index < -0.39 is 0 Å². The Morgan fingerprint density at radius 2 is 1.72 bits per heavy atom. The van der Waals surface area contributed by atoms with E-state index in [1.807, 2.05) is 54.6 Å². The number of rotatable bonds is 10. The van der Waals surface area contributed by atoms with Gasteiger partial charge in [0.25, 0.3) is 0 Å². The van der Waals surface area contributed by atoms with Crippen LogP contribution in [0.4, 0.5) is 0 Å². The summed E-state index contributed by atoms with van der Waals surface area (Å²) in [5, 5.41) is 18.9. The van der Waals surface area contributed by atoms with Crippen LogP contribution in [-0.4, -0.2) is 35.0 Å². The predicted molar refractivity (Wildman–Crippen MR) is 124 cm³/mol. The van der Waals surface area contributed by atoms with Crippen LogP contribution in [0.25, 0.3) is 22.5 Å². The third kappa shape index (κ3) is 4.49. The molecule has 2 aromatic heterocycles. The van der Waals surface area contributed by atoms with Crippen molar-refractivity contribution in [2.45, 2.75) is 32.4 Å². The minimum absolute atomic E-state index is 0.0996. The summed E-state index contributed by atoms with van der Waals surface area (Å²) in [4.78, 5) is 12.9. The van der Waals surface area contributed by atoms with Gasteiger partial charge in [0.15, 0.2) is 0 Å².